The van der Waals surface area contributed by atoms with E-state index in [0.29, 0.717) is 24.5 Å². The molecule has 0 unspecified atom stereocenters. The van der Waals surface area contributed by atoms with E-state index < -0.39 is 0 Å². The van der Waals surface area contributed by atoms with Gasteiger partial charge in [-0.1, -0.05) is 0 Å². The first-order chi connectivity index (χ1) is 10.2. The Morgan fingerprint density at radius 1 is 1.19 bits per heavy atom. The van der Waals surface area contributed by atoms with Crippen LogP contribution in [0.2, 0.25) is 0 Å². The van der Waals surface area contributed by atoms with Crippen molar-refractivity contribution < 1.29 is 9.15 Å². The Kier molecular flexibility index (Phi) is 5.36. The first-order valence-electron chi connectivity index (χ1n) is 7.10. The highest BCUT2D eigenvalue weighted by Crippen LogP contribution is 2.12. The van der Waals surface area contributed by atoms with E-state index in [4.69, 9.17) is 9.15 Å². The SMILES string of the molecule is CCNc1nc(NCCc2ccco2)nc(OC(C)C)n1. The van der Waals surface area contributed by atoms with Gasteiger partial charge in [0, 0.05) is 19.5 Å². The minimum absolute atomic E-state index is 0.0119. The van der Waals surface area contributed by atoms with E-state index in [1.807, 2.05) is 32.9 Å². The van der Waals surface area contributed by atoms with Crippen LogP contribution in [0.3, 0.4) is 0 Å². The third kappa shape index (κ3) is 4.94. The maximum absolute atomic E-state index is 5.53. The molecule has 0 saturated carbocycles. The summed E-state index contributed by atoms with van der Waals surface area (Å²) in [4.78, 5) is 12.7. The van der Waals surface area contributed by atoms with Crippen molar-refractivity contribution in [1.29, 1.82) is 0 Å². The number of ether oxygens (including phenoxy) is 1. The van der Waals surface area contributed by atoms with Crippen molar-refractivity contribution in [3.05, 3.63) is 24.2 Å². The number of nitrogens with zero attached hydrogens (tertiary/aromatic N) is 3. The lowest BCUT2D eigenvalue weighted by atomic mass is 10.3. The van der Waals surface area contributed by atoms with E-state index in [2.05, 4.69) is 25.6 Å². The van der Waals surface area contributed by atoms with Gasteiger partial charge in [-0.15, -0.1) is 0 Å². The minimum Gasteiger partial charge on any atom is -0.469 e. The minimum atomic E-state index is 0.0119. The van der Waals surface area contributed by atoms with Crippen molar-refractivity contribution in [2.75, 3.05) is 23.7 Å². The van der Waals surface area contributed by atoms with E-state index in [-0.39, 0.29) is 6.10 Å². The van der Waals surface area contributed by atoms with E-state index in [0.717, 1.165) is 18.7 Å². The Morgan fingerprint density at radius 3 is 2.57 bits per heavy atom. The van der Waals surface area contributed by atoms with Crippen LogP contribution in [0.15, 0.2) is 22.8 Å². The van der Waals surface area contributed by atoms with Gasteiger partial charge in [0.25, 0.3) is 0 Å². The van der Waals surface area contributed by atoms with Gasteiger partial charge >= 0.3 is 6.01 Å². The molecule has 0 aliphatic rings. The molecule has 2 heterocycles. The Balaban J connectivity index is 2.00. The highest BCUT2D eigenvalue weighted by molar-refractivity contribution is 5.35. The summed E-state index contributed by atoms with van der Waals surface area (Å²) in [7, 11) is 0. The van der Waals surface area contributed by atoms with Crippen LogP contribution < -0.4 is 15.4 Å². The van der Waals surface area contributed by atoms with Gasteiger partial charge < -0.3 is 19.8 Å². The maximum Gasteiger partial charge on any atom is 0.323 e. The number of furan rings is 1. The molecule has 7 heteroatoms. The summed E-state index contributed by atoms with van der Waals surface area (Å²) in [5.41, 5.74) is 0. The summed E-state index contributed by atoms with van der Waals surface area (Å²) in [5.74, 6) is 1.91. The third-order valence-electron chi connectivity index (χ3n) is 2.53. The van der Waals surface area contributed by atoms with Gasteiger partial charge in [0.1, 0.15) is 5.76 Å². The maximum atomic E-state index is 5.53. The number of aromatic nitrogens is 3. The molecule has 0 aliphatic carbocycles. The summed E-state index contributed by atoms with van der Waals surface area (Å²) >= 11 is 0. The predicted octanol–water partition coefficient (Wildman–Crippen LogP) is 2.34. The number of hydrogen-bond donors (Lipinski definition) is 2. The van der Waals surface area contributed by atoms with E-state index in [1.54, 1.807) is 6.26 Å². The number of nitrogens with one attached hydrogen (secondary N) is 2. The Hall–Kier alpha value is -2.31. The molecule has 0 radical (unpaired) electrons. The second-order valence-corrected chi connectivity index (χ2v) is 4.72. The van der Waals surface area contributed by atoms with Gasteiger partial charge in [-0.05, 0) is 32.9 Å². The fraction of sp³-hybridized carbons (Fsp3) is 0.500. The van der Waals surface area contributed by atoms with Gasteiger partial charge in [0.2, 0.25) is 11.9 Å². The lowest BCUT2D eigenvalue weighted by Gasteiger charge is -2.11. The molecule has 21 heavy (non-hydrogen) atoms. The lowest BCUT2D eigenvalue weighted by Crippen LogP contribution is -2.14. The zero-order valence-corrected chi connectivity index (χ0v) is 12.6. The quantitative estimate of drug-likeness (QED) is 0.772. The van der Waals surface area contributed by atoms with Gasteiger partial charge in [0.15, 0.2) is 0 Å². The molecule has 0 saturated heterocycles. The van der Waals surface area contributed by atoms with Crippen molar-refractivity contribution in [3.8, 4) is 6.01 Å². The second kappa shape index (κ2) is 7.47. The van der Waals surface area contributed by atoms with Crippen LogP contribution in [0, 0.1) is 0 Å². The van der Waals surface area contributed by atoms with Crippen LogP contribution in [-0.2, 0) is 6.42 Å². The van der Waals surface area contributed by atoms with Crippen molar-refractivity contribution in [3.63, 3.8) is 0 Å². The van der Waals surface area contributed by atoms with Gasteiger partial charge in [-0.25, -0.2) is 0 Å². The molecule has 0 aliphatic heterocycles. The van der Waals surface area contributed by atoms with Gasteiger partial charge in [-0.2, -0.15) is 15.0 Å². The van der Waals surface area contributed by atoms with Crippen LogP contribution in [0.1, 0.15) is 26.5 Å². The Labute approximate surface area is 124 Å². The summed E-state index contributed by atoms with van der Waals surface area (Å²) in [5, 5.41) is 6.22. The van der Waals surface area contributed by atoms with Crippen molar-refractivity contribution >= 4 is 11.9 Å². The number of anilines is 2. The average Bonchev–Trinajstić information content (AvgIpc) is 2.91. The molecule has 0 spiro atoms. The molecular weight excluding hydrogens is 270 g/mol. The third-order valence-corrected chi connectivity index (χ3v) is 2.53. The molecule has 0 bridgehead atoms. The van der Waals surface area contributed by atoms with E-state index in [1.165, 1.54) is 0 Å². The normalized spacial score (nSPS) is 10.7. The van der Waals surface area contributed by atoms with Crippen LogP contribution >= 0.6 is 0 Å². The Morgan fingerprint density at radius 2 is 1.95 bits per heavy atom. The fourth-order valence-electron chi connectivity index (χ4n) is 1.69. The topological polar surface area (TPSA) is 85.1 Å². The molecule has 0 fully saturated rings. The molecule has 2 rings (SSSR count). The van der Waals surface area contributed by atoms with E-state index in [9.17, 15) is 0 Å². The largest absolute Gasteiger partial charge is 0.469 e. The molecule has 2 aromatic rings. The molecule has 0 amide bonds. The molecule has 7 nitrogen and oxygen atoms in total. The van der Waals surface area contributed by atoms with Crippen LogP contribution in [-0.4, -0.2) is 34.1 Å². The van der Waals surface area contributed by atoms with Crippen molar-refractivity contribution in [2.45, 2.75) is 33.3 Å². The van der Waals surface area contributed by atoms with Gasteiger partial charge in [-0.3, -0.25) is 0 Å². The molecular formula is C14H21N5O2. The van der Waals surface area contributed by atoms with Crippen molar-refractivity contribution in [2.24, 2.45) is 0 Å². The smallest absolute Gasteiger partial charge is 0.323 e. The monoisotopic (exact) mass is 291 g/mol. The first kappa shape index (κ1) is 15.1. The zero-order valence-electron chi connectivity index (χ0n) is 12.6. The number of hydrogen-bond acceptors (Lipinski definition) is 7. The van der Waals surface area contributed by atoms with Crippen molar-refractivity contribution in [1.82, 2.24) is 15.0 Å². The first-order valence-corrected chi connectivity index (χ1v) is 7.10. The molecule has 0 aromatic carbocycles. The van der Waals surface area contributed by atoms with E-state index >= 15 is 0 Å². The molecule has 2 aromatic heterocycles. The summed E-state index contributed by atoms with van der Waals surface area (Å²) in [6, 6.07) is 4.12. The highest BCUT2D eigenvalue weighted by Gasteiger charge is 2.08. The average molecular weight is 291 g/mol. The molecule has 114 valence electrons. The molecule has 0 atom stereocenters. The summed E-state index contributed by atoms with van der Waals surface area (Å²) in [6.45, 7) is 7.25. The van der Waals surface area contributed by atoms with Gasteiger partial charge in [0.05, 0.1) is 12.4 Å². The zero-order chi connectivity index (χ0) is 15.1. The fourth-order valence-corrected chi connectivity index (χ4v) is 1.69. The van der Waals surface area contributed by atoms with Crippen LogP contribution in [0.5, 0.6) is 6.01 Å². The second-order valence-electron chi connectivity index (χ2n) is 4.72. The molecule has 2 N–H and O–H groups in total. The standard InChI is InChI=1S/C14H21N5O2/c1-4-15-12-17-13(19-14(18-12)21-10(2)3)16-8-7-11-6-5-9-20-11/h5-6,9-10H,4,7-8H2,1-3H3,(H2,15,16,17,18,19). The summed E-state index contributed by atoms with van der Waals surface area (Å²) < 4.78 is 10.8. The highest BCUT2D eigenvalue weighted by atomic mass is 16.5. The Bertz CT molecular complexity index is 542. The van der Waals surface area contributed by atoms with Crippen LogP contribution in [0.4, 0.5) is 11.9 Å². The number of rotatable bonds is 8. The summed E-state index contributed by atoms with van der Waals surface area (Å²) in [6.07, 6.45) is 2.43. The van der Waals surface area contributed by atoms with Crippen LogP contribution in [0.25, 0.3) is 0 Å². The predicted molar refractivity (Wildman–Crippen MR) is 80.7 cm³/mol. The lowest BCUT2D eigenvalue weighted by molar-refractivity contribution is 0.222.